The van der Waals surface area contributed by atoms with Crippen LogP contribution in [-0.2, 0) is 9.84 Å². The molecule has 0 atom stereocenters. The molecule has 1 aliphatic rings. The third-order valence-corrected chi connectivity index (χ3v) is 7.03. The molecule has 0 bridgehead atoms. The van der Waals surface area contributed by atoms with E-state index in [9.17, 15) is 22.0 Å². The molecule has 2 aromatic rings. The number of benzene rings is 2. The lowest BCUT2D eigenvalue weighted by Crippen LogP contribution is -2.18. The second kappa shape index (κ2) is 7.32. The van der Waals surface area contributed by atoms with Crippen LogP contribution in [-0.4, -0.2) is 19.6 Å². The van der Waals surface area contributed by atoms with Gasteiger partial charge in [-0.2, -0.15) is 0 Å². The summed E-state index contributed by atoms with van der Waals surface area (Å²) < 4.78 is 51.4. The maximum atomic E-state index is 13.3. The van der Waals surface area contributed by atoms with E-state index in [0.29, 0.717) is 24.6 Å². The molecular formula is C18H16ClF2NO3S. The Labute approximate surface area is 155 Å². The molecule has 8 heteroatoms. The summed E-state index contributed by atoms with van der Waals surface area (Å²) in [5.41, 5.74) is 0.106. The number of anilines is 1. The first-order chi connectivity index (χ1) is 12.3. The lowest BCUT2D eigenvalue weighted by Gasteiger charge is -2.12. The van der Waals surface area contributed by atoms with Crippen LogP contribution in [0.3, 0.4) is 0 Å². The second-order valence-corrected chi connectivity index (χ2v) is 8.81. The Morgan fingerprint density at radius 3 is 2.23 bits per heavy atom. The molecule has 1 amide bonds. The average molecular weight is 400 g/mol. The third kappa shape index (κ3) is 3.73. The molecule has 0 heterocycles. The van der Waals surface area contributed by atoms with Crippen LogP contribution in [0, 0.1) is 11.6 Å². The van der Waals surface area contributed by atoms with Gasteiger partial charge in [-0.05, 0) is 49.2 Å². The molecule has 3 rings (SSSR count). The van der Waals surface area contributed by atoms with Crippen LogP contribution in [0.5, 0.6) is 0 Å². The minimum atomic E-state index is -3.38. The number of hydrogen-bond acceptors (Lipinski definition) is 3. The van der Waals surface area contributed by atoms with Gasteiger partial charge in [-0.3, -0.25) is 4.79 Å². The maximum absolute atomic E-state index is 13.3. The predicted octanol–water partition coefficient (Wildman–Crippen LogP) is 4.59. The quantitative estimate of drug-likeness (QED) is 0.765. The molecule has 1 aliphatic carbocycles. The van der Waals surface area contributed by atoms with Gasteiger partial charge in [-0.15, -0.1) is 0 Å². The van der Waals surface area contributed by atoms with Gasteiger partial charge in [0.25, 0.3) is 5.91 Å². The zero-order valence-electron chi connectivity index (χ0n) is 13.6. The standard InChI is InChI=1S/C18H16ClF2NO3S/c19-15-10-17(21)16(20)9-14(15)18(23)22-11-5-7-13(8-6-11)26(24,25)12-3-1-2-4-12/h5-10,12H,1-4H2,(H,22,23). The van der Waals surface area contributed by atoms with Crippen molar-refractivity contribution in [3.8, 4) is 0 Å². The zero-order valence-corrected chi connectivity index (χ0v) is 15.2. The van der Waals surface area contributed by atoms with Gasteiger partial charge in [0.2, 0.25) is 0 Å². The first-order valence-corrected chi connectivity index (χ1v) is 10.0. The fraction of sp³-hybridized carbons (Fsp3) is 0.278. The topological polar surface area (TPSA) is 63.2 Å². The molecule has 2 aromatic carbocycles. The van der Waals surface area contributed by atoms with Gasteiger partial charge in [0, 0.05) is 5.69 Å². The molecule has 1 saturated carbocycles. The van der Waals surface area contributed by atoms with E-state index in [0.717, 1.165) is 18.9 Å². The minimum absolute atomic E-state index is 0.202. The Balaban J connectivity index is 1.77. The highest BCUT2D eigenvalue weighted by Crippen LogP contribution is 2.30. The van der Waals surface area contributed by atoms with Crippen molar-refractivity contribution in [1.82, 2.24) is 0 Å². The van der Waals surface area contributed by atoms with Gasteiger partial charge >= 0.3 is 0 Å². The lowest BCUT2D eigenvalue weighted by molar-refractivity contribution is 0.102. The van der Waals surface area contributed by atoms with E-state index in [2.05, 4.69) is 5.32 Å². The monoisotopic (exact) mass is 399 g/mol. The molecule has 0 aromatic heterocycles. The van der Waals surface area contributed by atoms with Crippen LogP contribution in [0.4, 0.5) is 14.5 Å². The van der Waals surface area contributed by atoms with Crippen LogP contribution < -0.4 is 5.32 Å². The summed E-state index contributed by atoms with van der Waals surface area (Å²) >= 11 is 5.77. The number of hydrogen-bond donors (Lipinski definition) is 1. The summed E-state index contributed by atoms with van der Waals surface area (Å²) in [5.74, 6) is -3.05. The highest BCUT2D eigenvalue weighted by atomic mass is 35.5. The van der Waals surface area contributed by atoms with Crippen molar-refractivity contribution < 1.29 is 22.0 Å². The Morgan fingerprint density at radius 1 is 1.04 bits per heavy atom. The summed E-state index contributed by atoms with van der Waals surface area (Å²) in [6.45, 7) is 0. The average Bonchev–Trinajstić information content (AvgIpc) is 3.14. The van der Waals surface area contributed by atoms with Gasteiger partial charge < -0.3 is 5.32 Å². The number of amides is 1. The van der Waals surface area contributed by atoms with Crippen molar-refractivity contribution in [2.24, 2.45) is 0 Å². The van der Waals surface area contributed by atoms with Gasteiger partial charge in [-0.1, -0.05) is 24.4 Å². The first kappa shape index (κ1) is 18.8. The van der Waals surface area contributed by atoms with Crippen molar-refractivity contribution in [1.29, 1.82) is 0 Å². The molecule has 0 radical (unpaired) electrons. The number of rotatable bonds is 4. The van der Waals surface area contributed by atoms with E-state index in [1.807, 2.05) is 0 Å². The summed E-state index contributed by atoms with van der Waals surface area (Å²) in [6.07, 6.45) is 3.14. The molecule has 1 fully saturated rings. The summed E-state index contributed by atoms with van der Waals surface area (Å²) in [7, 11) is -3.38. The Morgan fingerprint density at radius 2 is 1.62 bits per heavy atom. The fourth-order valence-electron chi connectivity index (χ4n) is 3.01. The van der Waals surface area contributed by atoms with E-state index in [4.69, 9.17) is 11.6 Å². The molecule has 0 unspecified atom stereocenters. The smallest absolute Gasteiger partial charge is 0.257 e. The molecule has 138 valence electrons. The van der Waals surface area contributed by atoms with Gasteiger partial charge in [-0.25, -0.2) is 17.2 Å². The zero-order chi connectivity index (χ0) is 18.9. The van der Waals surface area contributed by atoms with Crippen molar-refractivity contribution in [2.45, 2.75) is 35.8 Å². The van der Waals surface area contributed by atoms with E-state index < -0.39 is 27.4 Å². The maximum Gasteiger partial charge on any atom is 0.257 e. The Kier molecular flexibility index (Phi) is 5.29. The predicted molar refractivity (Wildman–Crippen MR) is 95.2 cm³/mol. The largest absolute Gasteiger partial charge is 0.322 e. The molecule has 0 saturated heterocycles. The Bertz CT molecular complexity index is 940. The molecular weight excluding hydrogens is 384 g/mol. The second-order valence-electron chi connectivity index (χ2n) is 6.18. The van der Waals surface area contributed by atoms with Crippen molar-refractivity contribution >= 4 is 33.0 Å². The highest BCUT2D eigenvalue weighted by Gasteiger charge is 2.30. The van der Waals surface area contributed by atoms with E-state index in [-0.39, 0.29) is 20.7 Å². The molecule has 26 heavy (non-hydrogen) atoms. The fourth-order valence-corrected chi connectivity index (χ4v) is 5.10. The van der Waals surface area contributed by atoms with Crippen molar-refractivity contribution in [3.63, 3.8) is 0 Å². The van der Waals surface area contributed by atoms with Crippen LogP contribution in [0.25, 0.3) is 0 Å². The van der Waals surface area contributed by atoms with Crippen LogP contribution in [0.15, 0.2) is 41.3 Å². The summed E-state index contributed by atoms with van der Waals surface area (Å²) in [5, 5.41) is 1.91. The molecule has 1 N–H and O–H groups in total. The molecule has 0 spiro atoms. The third-order valence-electron chi connectivity index (χ3n) is 4.44. The van der Waals surface area contributed by atoms with Gasteiger partial charge in [0.1, 0.15) is 0 Å². The number of carbonyl (C=O) groups is 1. The normalized spacial score (nSPS) is 15.2. The summed E-state index contributed by atoms with van der Waals surface area (Å²) in [4.78, 5) is 12.4. The van der Waals surface area contributed by atoms with Crippen molar-refractivity contribution in [3.05, 3.63) is 58.6 Å². The SMILES string of the molecule is O=C(Nc1ccc(S(=O)(=O)C2CCCC2)cc1)c1cc(F)c(F)cc1Cl. The van der Waals surface area contributed by atoms with Crippen LogP contribution in [0.2, 0.25) is 5.02 Å². The Hall–Kier alpha value is -1.99. The minimum Gasteiger partial charge on any atom is -0.322 e. The number of nitrogens with one attached hydrogen (secondary N) is 1. The summed E-state index contributed by atoms with van der Waals surface area (Å²) in [6, 6.07) is 7.20. The molecule has 4 nitrogen and oxygen atoms in total. The van der Waals surface area contributed by atoms with E-state index in [1.54, 1.807) is 0 Å². The van der Waals surface area contributed by atoms with Gasteiger partial charge in [0.05, 0.1) is 20.7 Å². The van der Waals surface area contributed by atoms with E-state index >= 15 is 0 Å². The van der Waals surface area contributed by atoms with Gasteiger partial charge in [0.15, 0.2) is 21.5 Å². The lowest BCUT2D eigenvalue weighted by atomic mass is 10.2. The number of sulfone groups is 1. The highest BCUT2D eigenvalue weighted by molar-refractivity contribution is 7.92. The van der Waals surface area contributed by atoms with Crippen LogP contribution >= 0.6 is 11.6 Å². The van der Waals surface area contributed by atoms with E-state index in [1.165, 1.54) is 24.3 Å². The first-order valence-electron chi connectivity index (χ1n) is 8.09. The number of carbonyl (C=O) groups excluding carboxylic acids is 1. The molecule has 0 aliphatic heterocycles. The van der Waals surface area contributed by atoms with Crippen LogP contribution in [0.1, 0.15) is 36.0 Å². The van der Waals surface area contributed by atoms with Crippen molar-refractivity contribution in [2.75, 3.05) is 5.32 Å². The number of halogens is 3.